The molecule has 0 N–H and O–H groups in total. The largest absolute Gasteiger partial charge is 0.110 e. The van der Waals surface area contributed by atoms with Crippen LogP contribution in [0.5, 0.6) is 0 Å². The molecule has 0 nitrogen and oxygen atoms in total. The highest BCUT2D eigenvalue weighted by molar-refractivity contribution is 6.35. The van der Waals surface area contributed by atoms with Gasteiger partial charge >= 0.3 is 0 Å². The van der Waals surface area contributed by atoms with E-state index in [-0.39, 0.29) is 0 Å². The summed E-state index contributed by atoms with van der Waals surface area (Å²) in [5.74, 6) is 0.938. The first kappa shape index (κ1) is 9.16. The highest BCUT2D eigenvalue weighted by Gasteiger charge is 2.07. The molecule has 1 radical (unpaired) electrons. The summed E-state index contributed by atoms with van der Waals surface area (Å²) in [6, 6.07) is 0. The predicted molar refractivity (Wildman–Crippen MR) is 52.3 cm³/mol. The summed E-state index contributed by atoms with van der Waals surface area (Å²) in [7, 11) is 2.41. The van der Waals surface area contributed by atoms with Gasteiger partial charge in [-0.3, -0.25) is 0 Å². The maximum absolute atomic E-state index is 2.41. The third kappa shape index (κ3) is 3.84. The lowest BCUT2D eigenvalue weighted by molar-refractivity contribution is 0.619. The summed E-state index contributed by atoms with van der Waals surface area (Å²) in [6.07, 6.45) is 11.8. The van der Waals surface area contributed by atoms with Gasteiger partial charge in [-0.1, -0.05) is 64.0 Å². The maximum Gasteiger partial charge on any atom is 0.110 e. The van der Waals surface area contributed by atoms with Gasteiger partial charge in [0, 0.05) is 0 Å². The van der Waals surface area contributed by atoms with Crippen LogP contribution in [0.25, 0.3) is 0 Å². The standard InChI is InChI=1S/C10H20B/c1-11-10-8-6-4-2-3-5-7-9-10/h10H,2-9H2,1H3. The molecule has 1 heteroatoms. The minimum Gasteiger partial charge on any atom is -0.0917 e. The smallest absolute Gasteiger partial charge is 0.0917 e. The van der Waals surface area contributed by atoms with Crippen LogP contribution in [-0.4, -0.2) is 7.28 Å². The van der Waals surface area contributed by atoms with Gasteiger partial charge in [0.05, 0.1) is 0 Å². The Morgan fingerprint density at radius 1 is 0.818 bits per heavy atom. The van der Waals surface area contributed by atoms with E-state index < -0.39 is 0 Å². The van der Waals surface area contributed by atoms with Gasteiger partial charge in [0.2, 0.25) is 0 Å². The number of rotatable bonds is 1. The second kappa shape index (κ2) is 5.68. The van der Waals surface area contributed by atoms with Crippen molar-refractivity contribution in [1.82, 2.24) is 0 Å². The van der Waals surface area contributed by atoms with Crippen LogP contribution in [0.3, 0.4) is 0 Å². The molecule has 0 amide bonds. The van der Waals surface area contributed by atoms with Crippen molar-refractivity contribution < 1.29 is 0 Å². The molecule has 0 saturated heterocycles. The summed E-state index contributed by atoms with van der Waals surface area (Å²) in [5, 5.41) is 0. The van der Waals surface area contributed by atoms with Crippen molar-refractivity contribution in [1.29, 1.82) is 0 Å². The number of hydrogen-bond donors (Lipinski definition) is 0. The fourth-order valence-corrected chi connectivity index (χ4v) is 2.00. The average Bonchev–Trinajstić information content (AvgIpc) is 2.16. The molecule has 0 heterocycles. The molecule has 11 heavy (non-hydrogen) atoms. The topological polar surface area (TPSA) is 0 Å². The van der Waals surface area contributed by atoms with Crippen LogP contribution in [-0.2, 0) is 0 Å². The average molecular weight is 151 g/mol. The Hall–Kier alpha value is 0.0649. The second-order valence-electron chi connectivity index (χ2n) is 3.79. The third-order valence-electron chi connectivity index (χ3n) is 2.87. The summed E-state index contributed by atoms with van der Waals surface area (Å²) in [4.78, 5) is 0. The van der Waals surface area contributed by atoms with Crippen LogP contribution in [0, 0.1) is 0 Å². The Labute approximate surface area is 72.0 Å². The van der Waals surface area contributed by atoms with Gasteiger partial charge in [-0.25, -0.2) is 0 Å². The molecule has 0 aromatic heterocycles. The zero-order valence-electron chi connectivity index (χ0n) is 7.81. The van der Waals surface area contributed by atoms with E-state index in [2.05, 4.69) is 14.1 Å². The van der Waals surface area contributed by atoms with Crippen LogP contribution in [0.2, 0.25) is 12.6 Å². The van der Waals surface area contributed by atoms with Crippen LogP contribution in [0.1, 0.15) is 51.4 Å². The lowest BCUT2D eigenvalue weighted by Crippen LogP contribution is -1.99. The number of hydrogen-bond acceptors (Lipinski definition) is 0. The van der Waals surface area contributed by atoms with E-state index in [9.17, 15) is 0 Å². The van der Waals surface area contributed by atoms with E-state index in [0.29, 0.717) is 0 Å². The van der Waals surface area contributed by atoms with Crippen LogP contribution in [0.4, 0.5) is 0 Å². The first-order valence-electron chi connectivity index (χ1n) is 5.23. The normalized spacial score (nSPS) is 23.4. The molecule has 63 valence electrons. The van der Waals surface area contributed by atoms with Crippen LogP contribution >= 0.6 is 0 Å². The van der Waals surface area contributed by atoms with Gasteiger partial charge in [-0.2, -0.15) is 0 Å². The molecule has 0 aromatic rings. The monoisotopic (exact) mass is 151 g/mol. The van der Waals surface area contributed by atoms with Gasteiger partial charge in [-0.15, -0.1) is 0 Å². The van der Waals surface area contributed by atoms with Gasteiger partial charge in [0.15, 0.2) is 0 Å². The molecular formula is C10H20B. The first-order valence-corrected chi connectivity index (χ1v) is 5.23. The van der Waals surface area contributed by atoms with Crippen molar-refractivity contribution in [2.45, 2.75) is 64.0 Å². The fourth-order valence-electron chi connectivity index (χ4n) is 2.00. The summed E-state index contributed by atoms with van der Waals surface area (Å²) >= 11 is 0. The maximum atomic E-state index is 2.41. The molecule has 0 unspecified atom stereocenters. The Balaban J connectivity index is 2.19. The molecule has 1 aliphatic rings. The minimum atomic E-state index is 0.938. The van der Waals surface area contributed by atoms with Gasteiger partial charge in [0.25, 0.3) is 0 Å². The van der Waals surface area contributed by atoms with E-state index in [0.717, 1.165) is 5.82 Å². The molecular weight excluding hydrogens is 131 g/mol. The Morgan fingerprint density at radius 3 is 1.73 bits per heavy atom. The molecule has 0 aliphatic heterocycles. The predicted octanol–water partition coefficient (Wildman–Crippen LogP) is 3.66. The van der Waals surface area contributed by atoms with E-state index in [1.807, 2.05) is 0 Å². The van der Waals surface area contributed by atoms with Gasteiger partial charge in [0.1, 0.15) is 7.28 Å². The summed E-state index contributed by atoms with van der Waals surface area (Å²) in [6.45, 7) is 2.22. The van der Waals surface area contributed by atoms with Crippen molar-refractivity contribution in [3.8, 4) is 0 Å². The Kier molecular flexibility index (Phi) is 4.73. The van der Waals surface area contributed by atoms with Crippen molar-refractivity contribution in [3.05, 3.63) is 0 Å². The lowest BCUT2D eigenvalue weighted by atomic mass is 9.63. The molecule has 1 aliphatic carbocycles. The van der Waals surface area contributed by atoms with E-state index >= 15 is 0 Å². The van der Waals surface area contributed by atoms with E-state index in [1.165, 1.54) is 51.4 Å². The van der Waals surface area contributed by atoms with Crippen molar-refractivity contribution in [2.75, 3.05) is 0 Å². The van der Waals surface area contributed by atoms with Crippen LogP contribution < -0.4 is 0 Å². The molecule has 1 rings (SSSR count). The lowest BCUT2D eigenvalue weighted by Gasteiger charge is -2.11. The third-order valence-corrected chi connectivity index (χ3v) is 2.87. The Morgan fingerprint density at radius 2 is 1.27 bits per heavy atom. The van der Waals surface area contributed by atoms with Gasteiger partial charge in [-0.05, 0) is 0 Å². The molecule has 1 saturated carbocycles. The van der Waals surface area contributed by atoms with Crippen molar-refractivity contribution in [3.63, 3.8) is 0 Å². The molecule has 0 spiro atoms. The van der Waals surface area contributed by atoms with Crippen molar-refractivity contribution in [2.24, 2.45) is 0 Å². The minimum absolute atomic E-state index is 0.938. The zero-order chi connectivity index (χ0) is 7.94. The fraction of sp³-hybridized carbons (Fsp3) is 1.00. The summed E-state index contributed by atoms with van der Waals surface area (Å²) < 4.78 is 0. The van der Waals surface area contributed by atoms with Crippen LogP contribution in [0.15, 0.2) is 0 Å². The molecule has 0 aromatic carbocycles. The van der Waals surface area contributed by atoms with E-state index in [4.69, 9.17) is 0 Å². The molecule has 0 atom stereocenters. The SMILES string of the molecule is C[B]C1CCCCCCCC1. The first-order chi connectivity index (χ1) is 5.43. The van der Waals surface area contributed by atoms with E-state index in [1.54, 1.807) is 0 Å². The Bertz CT molecular complexity index is 80.9. The zero-order valence-corrected chi connectivity index (χ0v) is 7.81. The molecule has 1 fully saturated rings. The van der Waals surface area contributed by atoms with Crippen molar-refractivity contribution >= 4 is 7.28 Å². The summed E-state index contributed by atoms with van der Waals surface area (Å²) in [5.41, 5.74) is 0. The second-order valence-corrected chi connectivity index (χ2v) is 3.79. The quantitative estimate of drug-likeness (QED) is 0.501. The highest BCUT2D eigenvalue weighted by atomic mass is 14.1. The molecule has 0 bridgehead atoms. The van der Waals surface area contributed by atoms with Gasteiger partial charge < -0.3 is 0 Å². The highest BCUT2D eigenvalue weighted by Crippen LogP contribution is 2.24.